The van der Waals surface area contributed by atoms with E-state index in [4.69, 9.17) is 11.6 Å². The third kappa shape index (κ3) is 4.57. The minimum Gasteiger partial charge on any atom is -0.353 e. The van der Waals surface area contributed by atoms with Gasteiger partial charge in [-0.3, -0.25) is 4.79 Å². The highest BCUT2D eigenvalue weighted by Crippen LogP contribution is 2.26. The van der Waals surface area contributed by atoms with Gasteiger partial charge in [0.2, 0.25) is 11.9 Å². The molecule has 1 amide bonds. The largest absolute Gasteiger partial charge is 0.353 e. The molecule has 27 heavy (non-hydrogen) atoms. The lowest BCUT2D eigenvalue weighted by molar-refractivity contribution is -0.126. The Kier molecular flexibility index (Phi) is 5.86. The van der Waals surface area contributed by atoms with Gasteiger partial charge in [0.25, 0.3) is 0 Å². The Hall–Kier alpha value is -1.75. The van der Waals surface area contributed by atoms with E-state index in [-0.39, 0.29) is 11.8 Å². The summed E-state index contributed by atoms with van der Waals surface area (Å²) in [5.41, 5.74) is 1.86. The van der Waals surface area contributed by atoms with Crippen LogP contribution in [0.2, 0.25) is 5.02 Å². The van der Waals surface area contributed by atoms with Crippen LogP contribution in [-0.2, 0) is 4.79 Å². The molecule has 0 spiro atoms. The third-order valence-electron chi connectivity index (χ3n) is 5.97. The van der Waals surface area contributed by atoms with E-state index in [1.807, 2.05) is 18.2 Å². The first-order valence-electron chi connectivity index (χ1n) is 10.4. The number of piperidine rings is 1. The van der Waals surface area contributed by atoms with Crippen molar-refractivity contribution in [3.05, 3.63) is 23.2 Å². The predicted octanol–water partition coefficient (Wildman–Crippen LogP) is 4.66. The monoisotopic (exact) mass is 388 g/mol. The van der Waals surface area contributed by atoms with E-state index in [0.717, 1.165) is 55.8 Å². The van der Waals surface area contributed by atoms with Gasteiger partial charge < -0.3 is 15.2 Å². The van der Waals surface area contributed by atoms with Gasteiger partial charge in [0.1, 0.15) is 0 Å². The molecule has 6 heteroatoms. The maximum Gasteiger partial charge on any atom is 0.225 e. The number of rotatable bonds is 3. The van der Waals surface area contributed by atoms with Crippen molar-refractivity contribution in [3.63, 3.8) is 0 Å². The highest BCUT2D eigenvalue weighted by molar-refractivity contribution is 6.31. The lowest BCUT2D eigenvalue weighted by Crippen LogP contribution is -2.46. The van der Waals surface area contributed by atoms with E-state index >= 15 is 0 Å². The minimum absolute atomic E-state index is 0.0426. The molecule has 1 aromatic carbocycles. The van der Waals surface area contributed by atoms with Gasteiger partial charge in [0, 0.05) is 24.2 Å². The van der Waals surface area contributed by atoms with Crippen LogP contribution < -0.4 is 10.2 Å². The SMILES string of the molecule is O=C(NC1CCCCCCC1)C1CCCN(c2nc3ccc(Cl)cc3[nH]2)C1. The summed E-state index contributed by atoms with van der Waals surface area (Å²) in [7, 11) is 0. The zero-order chi connectivity index (χ0) is 18.6. The van der Waals surface area contributed by atoms with Gasteiger partial charge in [-0.1, -0.05) is 43.7 Å². The average Bonchev–Trinajstić information content (AvgIpc) is 3.07. The van der Waals surface area contributed by atoms with Gasteiger partial charge in [0.15, 0.2) is 0 Å². The smallest absolute Gasteiger partial charge is 0.225 e. The van der Waals surface area contributed by atoms with Crippen LogP contribution >= 0.6 is 11.6 Å². The lowest BCUT2D eigenvalue weighted by atomic mass is 9.94. The van der Waals surface area contributed by atoms with Crippen LogP contribution in [0.1, 0.15) is 57.8 Å². The molecule has 0 radical (unpaired) electrons. The number of amides is 1. The molecule has 2 aliphatic rings. The Morgan fingerprint density at radius 2 is 1.89 bits per heavy atom. The van der Waals surface area contributed by atoms with E-state index in [1.165, 1.54) is 32.1 Å². The number of H-pyrrole nitrogens is 1. The maximum absolute atomic E-state index is 12.9. The fraction of sp³-hybridized carbons (Fsp3) is 0.619. The molecule has 1 aromatic heterocycles. The number of carbonyl (C=O) groups excluding carboxylic acids is 1. The van der Waals surface area contributed by atoms with Crippen LogP contribution in [0.25, 0.3) is 11.0 Å². The van der Waals surface area contributed by atoms with E-state index < -0.39 is 0 Å². The molecule has 0 bridgehead atoms. The molecule has 1 unspecified atom stereocenters. The molecule has 1 aliphatic heterocycles. The van der Waals surface area contributed by atoms with Gasteiger partial charge in [-0.2, -0.15) is 0 Å². The first kappa shape index (κ1) is 18.6. The Balaban J connectivity index is 1.39. The molecule has 2 fully saturated rings. The molecule has 146 valence electrons. The van der Waals surface area contributed by atoms with E-state index in [2.05, 4.69) is 20.2 Å². The maximum atomic E-state index is 12.9. The summed E-state index contributed by atoms with van der Waals surface area (Å²) in [5, 5.41) is 4.05. The highest BCUT2D eigenvalue weighted by atomic mass is 35.5. The second kappa shape index (κ2) is 8.51. The van der Waals surface area contributed by atoms with Crippen molar-refractivity contribution in [3.8, 4) is 0 Å². The van der Waals surface area contributed by atoms with Gasteiger partial charge in [-0.25, -0.2) is 4.98 Å². The molecule has 1 saturated heterocycles. The quantitative estimate of drug-likeness (QED) is 0.803. The topological polar surface area (TPSA) is 61.0 Å². The third-order valence-corrected chi connectivity index (χ3v) is 6.21. The predicted molar refractivity (Wildman–Crippen MR) is 110 cm³/mol. The number of halogens is 1. The van der Waals surface area contributed by atoms with Crippen LogP contribution in [0.5, 0.6) is 0 Å². The van der Waals surface area contributed by atoms with Crippen LogP contribution in [0.4, 0.5) is 5.95 Å². The van der Waals surface area contributed by atoms with Crippen molar-refractivity contribution in [2.24, 2.45) is 5.92 Å². The molecule has 1 atom stereocenters. The number of hydrogen-bond acceptors (Lipinski definition) is 3. The van der Waals surface area contributed by atoms with E-state index in [1.54, 1.807) is 0 Å². The Labute approximate surface area is 165 Å². The second-order valence-corrected chi connectivity index (χ2v) is 8.49. The van der Waals surface area contributed by atoms with Crippen LogP contribution in [-0.4, -0.2) is 35.0 Å². The summed E-state index contributed by atoms with van der Waals surface area (Å²) in [6, 6.07) is 6.05. The van der Waals surface area contributed by atoms with Crippen LogP contribution in [0, 0.1) is 5.92 Å². The summed E-state index contributed by atoms with van der Waals surface area (Å²) in [5.74, 6) is 1.11. The Morgan fingerprint density at radius 3 is 2.70 bits per heavy atom. The molecular formula is C21H29ClN4O. The van der Waals surface area contributed by atoms with Crippen molar-refractivity contribution in [1.29, 1.82) is 0 Å². The van der Waals surface area contributed by atoms with Crippen molar-refractivity contribution in [2.45, 2.75) is 63.8 Å². The Morgan fingerprint density at radius 1 is 1.11 bits per heavy atom. The average molecular weight is 389 g/mol. The second-order valence-electron chi connectivity index (χ2n) is 8.06. The van der Waals surface area contributed by atoms with Crippen LogP contribution in [0.3, 0.4) is 0 Å². The number of carbonyl (C=O) groups is 1. The molecular weight excluding hydrogens is 360 g/mol. The van der Waals surface area contributed by atoms with Gasteiger partial charge >= 0.3 is 0 Å². The van der Waals surface area contributed by atoms with Crippen molar-refractivity contribution in [1.82, 2.24) is 15.3 Å². The van der Waals surface area contributed by atoms with Crippen LogP contribution in [0.15, 0.2) is 18.2 Å². The molecule has 2 N–H and O–H groups in total. The molecule has 2 aromatic rings. The van der Waals surface area contributed by atoms with Crippen molar-refractivity contribution < 1.29 is 4.79 Å². The number of nitrogens with one attached hydrogen (secondary N) is 2. The highest BCUT2D eigenvalue weighted by Gasteiger charge is 2.28. The standard InChI is InChI=1S/C21H29ClN4O/c22-16-10-11-18-19(13-16)25-21(24-18)26-12-6-7-15(14-26)20(27)23-17-8-4-2-1-3-5-9-17/h10-11,13,15,17H,1-9,12,14H2,(H,23,27)(H,24,25). The number of nitrogens with zero attached hydrogens (tertiary/aromatic N) is 2. The molecule has 5 nitrogen and oxygen atoms in total. The number of anilines is 1. The molecule has 2 heterocycles. The van der Waals surface area contributed by atoms with E-state index in [0.29, 0.717) is 11.1 Å². The van der Waals surface area contributed by atoms with Gasteiger partial charge in [-0.05, 0) is 43.9 Å². The summed E-state index contributed by atoms with van der Waals surface area (Å²) >= 11 is 6.08. The summed E-state index contributed by atoms with van der Waals surface area (Å²) < 4.78 is 0. The van der Waals surface area contributed by atoms with Crippen molar-refractivity contribution >= 4 is 34.5 Å². The number of hydrogen-bond donors (Lipinski definition) is 2. The Bertz CT molecular complexity index is 782. The van der Waals surface area contributed by atoms with Gasteiger partial charge in [0.05, 0.1) is 17.0 Å². The number of aromatic amines is 1. The molecule has 1 saturated carbocycles. The number of benzene rings is 1. The molecule has 4 rings (SSSR count). The first-order chi connectivity index (χ1) is 13.2. The molecule has 1 aliphatic carbocycles. The van der Waals surface area contributed by atoms with Crippen molar-refractivity contribution in [2.75, 3.05) is 18.0 Å². The summed E-state index contributed by atoms with van der Waals surface area (Å²) in [4.78, 5) is 23.1. The fourth-order valence-corrected chi connectivity index (χ4v) is 4.59. The summed E-state index contributed by atoms with van der Waals surface area (Å²) in [6.45, 7) is 1.66. The van der Waals surface area contributed by atoms with E-state index in [9.17, 15) is 4.79 Å². The fourth-order valence-electron chi connectivity index (χ4n) is 4.42. The minimum atomic E-state index is 0.0426. The number of imidazole rings is 1. The summed E-state index contributed by atoms with van der Waals surface area (Å²) in [6.07, 6.45) is 10.7. The first-order valence-corrected chi connectivity index (χ1v) is 10.8. The number of aromatic nitrogens is 2. The zero-order valence-corrected chi connectivity index (χ0v) is 16.6. The lowest BCUT2D eigenvalue weighted by Gasteiger charge is -2.33. The normalized spacial score (nSPS) is 22.4. The van der Waals surface area contributed by atoms with Gasteiger partial charge in [-0.15, -0.1) is 0 Å². The number of fused-ring (bicyclic) bond motifs is 1. The zero-order valence-electron chi connectivity index (χ0n) is 15.8.